The Bertz CT molecular complexity index is 1310. The molecule has 35 heavy (non-hydrogen) atoms. The summed E-state index contributed by atoms with van der Waals surface area (Å²) in [5.41, 5.74) is 3.75. The number of ether oxygens (including phenoxy) is 2. The second kappa shape index (κ2) is 10.6. The zero-order valence-electron chi connectivity index (χ0n) is 19.9. The van der Waals surface area contributed by atoms with E-state index in [-0.39, 0.29) is 5.91 Å². The van der Waals surface area contributed by atoms with Gasteiger partial charge in [0.2, 0.25) is 0 Å². The molecule has 0 bridgehead atoms. The summed E-state index contributed by atoms with van der Waals surface area (Å²) >= 11 is 0. The topological polar surface area (TPSA) is 64.5 Å². The van der Waals surface area contributed by atoms with E-state index >= 15 is 0 Å². The summed E-state index contributed by atoms with van der Waals surface area (Å²) in [6.45, 7) is 1.87. The normalized spacial score (nSPS) is 15.7. The van der Waals surface area contributed by atoms with Crippen LogP contribution in [0.25, 0.3) is 10.9 Å². The van der Waals surface area contributed by atoms with Gasteiger partial charge >= 0.3 is 0 Å². The third kappa shape index (κ3) is 5.43. The van der Waals surface area contributed by atoms with Crippen molar-refractivity contribution >= 4 is 16.8 Å². The lowest BCUT2D eigenvalue weighted by Gasteiger charge is -2.33. The molecule has 0 N–H and O–H groups in total. The second-order valence-corrected chi connectivity index (χ2v) is 8.97. The van der Waals surface area contributed by atoms with Crippen LogP contribution >= 0.6 is 0 Å². The Morgan fingerprint density at radius 1 is 1.00 bits per heavy atom. The van der Waals surface area contributed by atoms with Gasteiger partial charge in [-0.3, -0.25) is 14.8 Å². The largest absolute Gasteiger partial charge is 0.493 e. The number of carbonyl (C=O) groups is 1. The summed E-state index contributed by atoms with van der Waals surface area (Å²) in [7, 11) is 1.59. The minimum atomic E-state index is 0.0342. The van der Waals surface area contributed by atoms with Crippen LogP contribution in [0.1, 0.15) is 34.5 Å². The van der Waals surface area contributed by atoms with Gasteiger partial charge in [0.05, 0.1) is 18.3 Å². The first-order valence-electron chi connectivity index (χ1n) is 12.0. The van der Waals surface area contributed by atoms with Crippen LogP contribution in [0, 0.1) is 5.92 Å². The van der Waals surface area contributed by atoms with E-state index in [2.05, 4.69) is 34.2 Å². The molecular weight excluding hydrogens is 438 g/mol. The number of hydrogen-bond acceptors (Lipinski definition) is 5. The molecular formula is C29H29N3O3. The first-order valence-corrected chi connectivity index (χ1v) is 12.0. The Morgan fingerprint density at radius 3 is 2.77 bits per heavy atom. The highest BCUT2D eigenvalue weighted by Gasteiger charge is 2.25. The molecule has 5 rings (SSSR count). The van der Waals surface area contributed by atoms with Gasteiger partial charge in [-0.25, -0.2) is 0 Å². The molecule has 1 saturated heterocycles. The minimum Gasteiger partial charge on any atom is -0.493 e. The van der Waals surface area contributed by atoms with E-state index < -0.39 is 0 Å². The molecule has 0 radical (unpaired) electrons. The molecule has 0 aliphatic carbocycles. The maximum absolute atomic E-state index is 13.3. The first kappa shape index (κ1) is 22.8. The zero-order valence-corrected chi connectivity index (χ0v) is 19.9. The molecule has 3 heterocycles. The average molecular weight is 468 g/mol. The molecule has 6 heteroatoms. The standard InChI is InChI=1S/C29H29N3O3/c1-34-28-18-24(10-12-27(28)35-20-25-8-2-3-13-30-25)29(33)32-15-5-6-22(19-32)16-21-9-11-26-23(17-21)7-4-14-31-26/h2-4,7-14,17-18,22H,5-6,15-16,19-20H2,1H3. The molecule has 178 valence electrons. The fourth-order valence-electron chi connectivity index (χ4n) is 4.74. The fraction of sp³-hybridized carbons (Fsp3) is 0.276. The van der Waals surface area contributed by atoms with Gasteiger partial charge in [-0.1, -0.05) is 18.2 Å². The Balaban J connectivity index is 1.24. The van der Waals surface area contributed by atoms with Gasteiger partial charge in [-0.2, -0.15) is 0 Å². The maximum atomic E-state index is 13.3. The number of fused-ring (bicyclic) bond motifs is 1. The molecule has 1 aliphatic heterocycles. The number of piperidine rings is 1. The highest BCUT2D eigenvalue weighted by Crippen LogP contribution is 2.30. The van der Waals surface area contributed by atoms with E-state index in [1.165, 1.54) is 5.56 Å². The van der Waals surface area contributed by atoms with Gasteiger partial charge in [-0.05, 0) is 79.3 Å². The quantitative estimate of drug-likeness (QED) is 0.368. The van der Waals surface area contributed by atoms with Crippen molar-refractivity contribution in [1.82, 2.24) is 14.9 Å². The number of methoxy groups -OCH3 is 1. The molecule has 6 nitrogen and oxygen atoms in total. The zero-order chi connectivity index (χ0) is 24.0. The number of nitrogens with zero attached hydrogens (tertiary/aromatic N) is 3. The summed E-state index contributed by atoms with van der Waals surface area (Å²) in [4.78, 5) is 24.0. The monoisotopic (exact) mass is 467 g/mol. The van der Waals surface area contributed by atoms with Crippen LogP contribution in [0.2, 0.25) is 0 Å². The van der Waals surface area contributed by atoms with Gasteiger partial charge in [0.25, 0.3) is 5.91 Å². The van der Waals surface area contributed by atoms with Gasteiger partial charge in [0, 0.05) is 36.4 Å². The SMILES string of the molecule is COc1cc(C(=O)N2CCCC(Cc3ccc4ncccc4c3)C2)ccc1OCc1ccccn1. The third-order valence-electron chi connectivity index (χ3n) is 6.51. The number of amides is 1. The van der Waals surface area contributed by atoms with E-state index in [4.69, 9.17) is 9.47 Å². The maximum Gasteiger partial charge on any atom is 0.254 e. The number of pyridine rings is 2. The van der Waals surface area contributed by atoms with Crippen LogP contribution in [0.4, 0.5) is 0 Å². The van der Waals surface area contributed by atoms with Gasteiger partial charge < -0.3 is 14.4 Å². The number of rotatable bonds is 7. The van der Waals surface area contributed by atoms with Crippen molar-refractivity contribution < 1.29 is 14.3 Å². The lowest BCUT2D eigenvalue weighted by Crippen LogP contribution is -2.40. The number of hydrogen-bond donors (Lipinski definition) is 0. The van der Waals surface area contributed by atoms with Crippen molar-refractivity contribution in [3.63, 3.8) is 0 Å². The molecule has 0 saturated carbocycles. The van der Waals surface area contributed by atoms with Gasteiger partial charge in [0.15, 0.2) is 11.5 Å². The summed E-state index contributed by atoms with van der Waals surface area (Å²) < 4.78 is 11.4. The molecule has 2 aromatic heterocycles. The number of likely N-dealkylation sites (tertiary alicyclic amines) is 1. The Labute approximate surface area is 205 Å². The number of benzene rings is 2. The number of aromatic nitrogens is 2. The summed E-state index contributed by atoms with van der Waals surface area (Å²) in [6, 6.07) is 21.6. The third-order valence-corrected chi connectivity index (χ3v) is 6.51. The van der Waals surface area contributed by atoms with Crippen molar-refractivity contribution in [1.29, 1.82) is 0 Å². The van der Waals surface area contributed by atoms with Gasteiger partial charge in [0.1, 0.15) is 6.61 Å². The van der Waals surface area contributed by atoms with E-state index in [1.807, 2.05) is 41.4 Å². The average Bonchev–Trinajstić information content (AvgIpc) is 2.92. The Kier molecular flexibility index (Phi) is 6.89. The highest BCUT2D eigenvalue weighted by atomic mass is 16.5. The molecule has 0 spiro atoms. The minimum absolute atomic E-state index is 0.0342. The van der Waals surface area contributed by atoms with E-state index in [9.17, 15) is 4.79 Å². The van der Waals surface area contributed by atoms with Crippen LogP contribution in [-0.4, -0.2) is 41.0 Å². The van der Waals surface area contributed by atoms with Crippen molar-refractivity contribution in [2.45, 2.75) is 25.9 Å². The van der Waals surface area contributed by atoms with Crippen LogP contribution in [-0.2, 0) is 13.0 Å². The summed E-state index contributed by atoms with van der Waals surface area (Å²) in [6.07, 6.45) is 6.65. The van der Waals surface area contributed by atoms with E-state index in [0.29, 0.717) is 29.6 Å². The summed E-state index contributed by atoms with van der Waals surface area (Å²) in [5.74, 6) is 1.61. The van der Waals surface area contributed by atoms with Crippen molar-refractivity contribution in [2.24, 2.45) is 5.92 Å². The molecule has 1 fully saturated rings. The van der Waals surface area contributed by atoms with Crippen molar-refractivity contribution in [3.05, 3.63) is 95.9 Å². The van der Waals surface area contributed by atoms with Crippen LogP contribution < -0.4 is 9.47 Å². The van der Waals surface area contributed by atoms with Crippen LogP contribution in [0.15, 0.2) is 79.1 Å². The first-order chi connectivity index (χ1) is 17.2. The molecule has 1 amide bonds. The number of carbonyl (C=O) groups excluding carboxylic acids is 1. The molecule has 1 unspecified atom stereocenters. The molecule has 1 atom stereocenters. The highest BCUT2D eigenvalue weighted by molar-refractivity contribution is 5.95. The lowest BCUT2D eigenvalue weighted by atomic mass is 9.90. The van der Waals surface area contributed by atoms with Crippen LogP contribution in [0.5, 0.6) is 11.5 Å². The van der Waals surface area contributed by atoms with E-state index in [1.54, 1.807) is 25.4 Å². The fourth-order valence-corrected chi connectivity index (χ4v) is 4.74. The predicted octanol–water partition coefficient (Wildman–Crippen LogP) is 5.31. The van der Waals surface area contributed by atoms with Crippen molar-refractivity contribution in [2.75, 3.05) is 20.2 Å². The van der Waals surface area contributed by atoms with Gasteiger partial charge in [-0.15, -0.1) is 0 Å². The second-order valence-electron chi connectivity index (χ2n) is 8.97. The van der Waals surface area contributed by atoms with E-state index in [0.717, 1.165) is 48.9 Å². The predicted molar refractivity (Wildman–Crippen MR) is 136 cm³/mol. The Morgan fingerprint density at radius 2 is 1.91 bits per heavy atom. The van der Waals surface area contributed by atoms with Crippen LogP contribution in [0.3, 0.4) is 0 Å². The smallest absolute Gasteiger partial charge is 0.254 e. The molecule has 4 aromatic rings. The molecule has 2 aromatic carbocycles. The summed E-state index contributed by atoms with van der Waals surface area (Å²) in [5, 5.41) is 1.16. The van der Waals surface area contributed by atoms with Crippen molar-refractivity contribution in [3.8, 4) is 11.5 Å². The lowest BCUT2D eigenvalue weighted by molar-refractivity contribution is 0.0673. The Hall–Kier alpha value is -3.93. The molecule has 1 aliphatic rings.